The average Bonchev–Trinajstić information content (AvgIpc) is 3.62. The normalized spacial score (nSPS) is 21.0. The highest BCUT2D eigenvalue weighted by molar-refractivity contribution is 5.82. The lowest BCUT2D eigenvalue weighted by molar-refractivity contribution is -0.230. The van der Waals surface area contributed by atoms with Crippen LogP contribution in [0.4, 0.5) is 10.3 Å². The number of aromatic amines is 1. The van der Waals surface area contributed by atoms with Crippen molar-refractivity contribution in [1.82, 2.24) is 30.2 Å². The number of nitrogens with one attached hydrogen (secondary N) is 3. The van der Waals surface area contributed by atoms with E-state index in [0.29, 0.717) is 41.0 Å². The van der Waals surface area contributed by atoms with Crippen LogP contribution in [0.15, 0.2) is 41.5 Å². The predicted octanol–water partition coefficient (Wildman–Crippen LogP) is 2.62. The monoisotopic (exact) mass is 522 g/mol. The van der Waals surface area contributed by atoms with Crippen molar-refractivity contribution in [3.63, 3.8) is 0 Å². The second kappa shape index (κ2) is 11.2. The number of ether oxygens (including phenoxy) is 2. The zero-order valence-electron chi connectivity index (χ0n) is 21.4. The Morgan fingerprint density at radius 1 is 1.21 bits per heavy atom. The summed E-state index contributed by atoms with van der Waals surface area (Å²) in [5, 5.41) is 5.92. The van der Waals surface area contributed by atoms with Gasteiger partial charge in [0.25, 0.3) is 0 Å². The number of benzene rings is 1. The molecule has 3 N–H and O–H groups in total. The molecule has 1 saturated heterocycles. The molecule has 0 saturated carbocycles. The average molecular weight is 523 g/mol. The first-order valence-corrected chi connectivity index (χ1v) is 12.6. The van der Waals surface area contributed by atoms with Crippen molar-refractivity contribution in [3.05, 3.63) is 48.2 Å². The number of imidazole rings is 1. The van der Waals surface area contributed by atoms with E-state index in [9.17, 15) is 9.18 Å². The van der Waals surface area contributed by atoms with Crippen LogP contribution in [-0.4, -0.2) is 83.5 Å². The molecule has 0 spiro atoms. The zero-order chi connectivity index (χ0) is 26.5. The molecule has 2 aliphatic heterocycles. The Morgan fingerprint density at radius 3 is 2.71 bits per heavy atom. The summed E-state index contributed by atoms with van der Waals surface area (Å²) in [6, 6.07) is 7.86. The highest BCUT2D eigenvalue weighted by atomic mass is 19.1. The molecule has 38 heavy (non-hydrogen) atoms. The minimum absolute atomic E-state index is 0.155. The van der Waals surface area contributed by atoms with Gasteiger partial charge in [0.1, 0.15) is 5.82 Å². The van der Waals surface area contributed by atoms with Crippen LogP contribution < -0.4 is 10.6 Å². The van der Waals surface area contributed by atoms with Gasteiger partial charge in [0.15, 0.2) is 5.82 Å². The van der Waals surface area contributed by atoms with Gasteiger partial charge in [-0.25, -0.2) is 19.3 Å². The van der Waals surface area contributed by atoms with Crippen LogP contribution in [0.3, 0.4) is 0 Å². The molecule has 4 heterocycles. The van der Waals surface area contributed by atoms with E-state index >= 15 is 0 Å². The Morgan fingerprint density at radius 2 is 2.00 bits per heavy atom. The fourth-order valence-corrected chi connectivity index (χ4v) is 4.36. The number of rotatable bonds is 9. The van der Waals surface area contributed by atoms with Gasteiger partial charge in [0.2, 0.25) is 18.1 Å². The summed E-state index contributed by atoms with van der Waals surface area (Å²) >= 11 is 0. The molecule has 3 aromatic rings. The molecule has 2 aromatic heterocycles. The lowest BCUT2D eigenvalue weighted by Gasteiger charge is -2.34. The molecule has 0 atom stereocenters. The molecule has 5 rings (SSSR count). The highest BCUT2D eigenvalue weighted by Gasteiger charge is 2.40. The maximum atomic E-state index is 13.6. The fourth-order valence-electron chi connectivity index (χ4n) is 4.36. The molecule has 2 aliphatic rings. The van der Waals surface area contributed by atoms with Crippen molar-refractivity contribution in [3.8, 4) is 22.6 Å². The van der Waals surface area contributed by atoms with Crippen molar-refractivity contribution in [2.75, 3.05) is 51.8 Å². The Labute approximate surface area is 219 Å². The number of nitrogens with zero attached hydrogens (tertiary/aromatic N) is 5. The van der Waals surface area contributed by atoms with Gasteiger partial charge in [0.05, 0.1) is 48.6 Å². The number of carbonyl (C=O) groups excluding carboxylic acids is 1. The molecule has 12 heteroatoms. The largest absolute Gasteiger partial charge is 0.361 e. The molecule has 1 fully saturated rings. The van der Waals surface area contributed by atoms with Gasteiger partial charge >= 0.3 is 0 Å². The number of aliphatic imine (C=N–C) groups is 1. The number of hydrogen-bond donors (Lipinski definition) is 3. The Balaban J connectivity index is 1.36. The third-order valence-corrected chi connectivity index (χ3v) is 6.52. The van der Waals surface area contributed by atoms with Gasteiger partial charge in [-0.05, 0) is 43.7 Å². The van der Waals surface area contributed by atoms with Crippen LogP contribution in [-0.2, 0) is 14.3 Å². The molecule has 0 radical (unpaired) electrons. The topological polar surface area (TPSA) is 130 Å². The number of aromatic nitrogens is 4. The first-order chi connectivity index (χ1) is 18.4. The number of carbonyl (C=O) groups is 1. The van der Waals surface area contributed by atoms with Crippen LogP contribution in [0, 0.1) is 11.2 Å². The SMILES string of the molecule is CNC(=O)C1(C)COC(c2nc(-c3ccc(F)cc3)c(-c3ccnc(NCCCN4C=NCC4)n3)[nH]2)OC1. The second-order valence-electron chi connectivity index (χ2n) is 9.55. The Hall–Kier alpha value is -3.90. The van der Waals surface area contributed by atoms with Crippen molar-refractivity contribution in [1.29, 1.82) is 0 Å². The number of amides is 1. The van der Waals surface area contributed by atoms with Crippen molar-refractivity contribution in [2.45, 2.75) is 19.6 Å². The van der Waals surface area contributed by atoms with Gasteiger partial charge in [-0.15, -0.1) is 0 Å². The Bertz CT molecular complexity index is 1290. The van der Waals surface area contributed by atoms with Crippen LogP contribution >= 0.6 is 0 Å². The summed E-state index contributed by atoms with van der Waals surface area (Å²) in [5.74, 6) is 0.425. The Kier molecular flexibility index (Phi) is 7.61. The predicted molar refractivity (Wildman–Crippen MR) is 140 cm³/mol. The van der Waals surface area contributed by atoms with Crippen molar-refractivity contribution in [2.24, 2.45) is 10.4 Å². The first kappa shape index (κ1) is 25.7. The quantitative estimate of drug-likeness (QED) is 0.366. The van der Waals surface area contributed by atoms with Crippen LogP contribution in [0.2, 0.25) is 0 Å². The van der Waals surface area contributed by atoms with Crippen molar-refractivity contribution >= 4 is 18.2 Å². The molecule has 0 bridgehead atoms. The van der Waals surface area contributed by atoms with E-state index in [0.717, 1.165) is 26.1 Å². The molecule has 0 unspecified atom stereocenters. The van der Waals surface area contributed by atoms with Crippen LogP contribution in [0.5, 0.6) is 0 Å². The third-order valence-electron chi connectivity index (χ3n) is 6.52. The first-order valence-electron chi connectivity index (χ1n) is 12.6. The van der Waals surface area contributed by atoms with E-state index in [4.69, 9.17) is 14.5 Å². The highest BCUT2D eigenvalue weighted by Crippen LogP contribution is 2.35. The van der Waals surface area contributed by atoms with E-state index < -0.39 is 11.7 Å². The number of anilines is 1. The molecular weight excluding hydrogens is 491 g/mol. The van der Waals surface area contributed by atoms with Crippen LogP contribution in [0.1, 0.15) is 25.5 Å². The maximum absolute atomic E-state index is 13.6. The van der Waals surface area contributed by atoms with Gasteiger partial charge in [0, 0.05) is 38.4 Å². The summed E-state index contributed by atoms with van der Waals surface area (Å²) in [6.45, 7) is 5.56. The number of H-pyrrole nitrogens is 1. The smallest absolute Gasteiger partial charge is 0.230 e. The number of hydrogen-bond acceptors (Lipinski definition) is 9. The molecule has 1 aromatic carbocycles. The van der Waals surface area contributed by atoms with Crippen molar-refractivity contribution < 1.29 is 18.7 Å². The second-order valence-corrected chi connectivity index (χ2v) is 9.55. The van der Waals surface area contributed by atoms with E-state index in [1.807, 2.05) is 6.34 Å². The summed E-state index contributed by atoms with van der Waals surface area (Å²) in [5.41, 5.74) is 1.71. The minimum Gasteiger partial charge on any atom is -0.361 e. The lowest BCUT2D eigenvalue weighted by atomic mass is 9.91. The zero-order valence-corrected chi connectivity index (χ0v) is 21.4. The molecule has 0 aliphatic carbocycles. The molecule has 11 nitrogen and oxygen atoms in total. The van der Waals surface area contributed by atoms with E-state index in [2.05, 4.69) is 35.5 Å². The molecular formula is C26H31FN8O3. The van der Waals surface area contributed by atoms with Gasteiger partial charge in [-0.2, -0.15) is 0 Å². The van der Waals surface area contributed by atoms with E-state index in [1.54, 1.807) is 38.4 Å². The minimum atomic E-state index is -0.797. The standard InChI is InChI=1S/C26H31FN8O3/c1-26(24(36)28-2)14-37-23(38-15-26)22-33-20(17-4-6-18(27)7-5-17)21(34-22)19-8-10-31-25(32-19)30-9-3-12-35-13-11-29-16-35/h4-8,10,16,23H,3,9,11-15H2,1-2H3,(H,28,36)(H,33,34)(H,30,31,32). The third kappa shape index (κ3) is 5.65. The summed E-state index contributed by atoms with van der Waals surface area (Å²) in [6.07, 6.45) is 3.69. The molecule has 1 amide bonds. The molecule has 200 valence electrons. The maximum Gasteiger partial charge on any atom is 0.230 e. The number of halogens is 1. The van der Waals surface area contributed by atoms with Crippen LogP contribution in [0.25, 0.3) is 22.6 Å². The van der Waals surface area contributed by atoms with Gasteiger partial charge in [-0.3, -0.25) is 9.79 Å². The summed E-state index contributed by atoms with van der Waals surface area (Å²) in [7, 11) is 1.58. The van der Waals surface area contributed by atoms with E-state index in [1.165, 1.54) is 12.1 Å². The summed E-state index contributed by atoms with van der Waals surface area (Å²) in [4.78, 5) is 35.7. The fraction of sp³-hybridized carbons (Fsp3) is 0.423. The summed E-state index contributed by atoms with van der Waals surface area (Å²) < 4.78 is 25.4. The van der Waals surface area contributed by atoms with E-state index in [-0.39, 0.29) is 24.9 Å². The lowest BCUT2D eigenvalue weighted by Crippen LogP contribution is -2.47. The van der Waals surface area contributed by atoms with Gasteiger partial charge < -0.3 is 30.0 Å². The van der Waals surface area contributed by atoms with Gasteiger partial charge in [-0.1, -0.05) is 0 Å².